The molecule has 17 heteroatoms. The number of ether oxygens (including phenoxy) is 2. The average molecular weight is 603 g/mol. The molecule has 0 unspecified atom stereocenters. The van der Waals surface area contributed by atoms with Crippen molar-refractivity contribution in [3.8, 4) is 0 Å². The number of halogens is 7. The molecular formula is C23H29ClF6N6O4. The molecule has 224 valence electrons. The van der Waals surface area contributed by atoms with Crippen LogP contribution in [0.4, 0.5) is 38.2 Å². The number of nitrogens with two attached hydrogens (primary N) is 1. The Balaban J connectivity index is 0.000000559. The molecule has 1 aromatic carbocycles. The van der Waals surface area contributed by atoms with Crippen molar-refractivity contribution in [3.63, 3.8) is 0 Å². The highest BCUT2D eigenvalue weighted by Gasteiger charge is 2.38. The number of piperidine rings is 1. The van der Waals surface area contributed by atoms with E-state index in [4.69, 9.17) is 36.7 Å². The number of morpholine rings is 1. The van der Waals surface area contributed by atoms with Crippen LogP contribution in [0.25, 0.3) is 0 Å². The molecule has 0 radical (unpaired) electrons. The van der Waals surface area contributed by atoms with Gasteiger partial charge >= 0.3 is 18.3 Å². The molecule has 0 aliphatic carbocycles. The van der Waals surface area contributed by atoms with E-state index in [9.17, 15) is 26.3 Å². The van der Waals surface area contributed by atoms with Crippen molar-refractivity contribution in [2.24, 2.45) is 0 Å². The Bertz CT molecular complexity index is 1080. The van der Waals surface area contributed by atoms with Gasteiger partial charge in [0, 0.05) is 36.7 Å². The zero-order chi connectivity index (χ0) is 29.5. The number of nitrogens with zero attached hydrogens (tertiary/aromatic N) is 4. The van der Waals surface area contributed by atoms with Crippen molar-refractivity contribution in [2.45, 2.75) is 49.8 Å². The fourth-order valence-corrected chi connectivity index (χ4v) is 4.65. The van der Waals surface area contributed by atoms with Crippen LogP contribution in [-0.4, -0.2) is 101 Å². The summed E-state index contributed by atoms with van der Waals surface area (Å²) in [5.41, 5.74) is 6.78. The summed E-state index contributed by atoms with van der Waals surface area (Å²) in [5.74, 6) is -1.82. The van der Waals surface area contributed by atoms with Crippen LogP contribution in [0.2, 0.25) is 5.02 Å². The first-order valence-corrected chi connectivity index (χ1v) is 12.6. The van der Waals surface area contributed by atoms with Gasteiger partial charge in [0.25, 0.3) is 0 Å². The first-order chi connectivity index (χ1) is 18.7. The van der Waals surface area contributed by atoms with Gasteiger partial charge in [0.15, 0.2) is 0 Å². The molecule has 4 N–H and O–H groups in total. The number of aliphatic carboxylic acids is 1. The molecule has 0 spiro atoms. The van der Waals surface area contributed by atoms with Crippen LogP contribution >= 0.6 is 11.6 Å². The number of carboxylic acids is 1. The minimum absolute atomic E-state index is 0.0835. The van der Waals surface area contributed by atoms with E-state index in [-0.39, 0.29) is 24.6 Å². The maximum atomic E-state index is 12.5. The molecule has 2 saturated heterocycles. The number of alkyl halides is 6. The van der Waals surface area contributed by atoms with Gasteiger partial charge in [0.1, 0.15) is 6.61 Å². The minimum Gasteiger partial charge on any atom is -0.475 e. The Kier molecular flexibility index (Phi) is 10.9. The standard InChI is InChI=1S/C21H28ClF3N6O2.C2HF3O2/c22-15-3-1-14(2-4-15)9-17-11-33-18(12-32-13-21(23,24)25)10-31(17)16-5-7-30(8-6-16)20-27-19(26)28-29-20;3-2(4,5)1(6)7/h1-4,16-18H,5-13H2,(H3,26,27,28,29);(H,6,7)/t17-,18+;/m0./s1. The normalized spacial score (nSPS) is 21.1. The molecule has 2 atom stereocenters. The lowest BCUT2D eigenvalue weighted by molar-refractivity contribution is -0.192. The van der Waals surface area contributed by atoms with Crippen LogP contribution in [-0.2, 0) is 20.7 Å². The number of nitrogens with one attached hydrogen (secondary N) is 1. The average Bonchev–Trinajstić information content (AvgIpc) is 3.31. The van der Waals surface area contributed by atoms with E-state index in [0.717, 1.165) is 37.9 Å². The molecule has 2 aliphatic heterocycles. The van der Waals surface area contributed by atoms with Gasteiger partial charge in [-0.3, -0.25) is 9.88 Å². The van der Waals surface area contributed by atoms with Gasteiger partial charge in [-0.2, -0.15) is 26.3 Å². The Labute approximate surface area is 230 Å². The lowest BCUT2D eigenvalue weighted by atomic mass is 9.96. The monoisotopic (exact) mass is 602 g/mol. The number of H-pyrrole nitrogens is 1. The molecule has 0 amide bonds. The third-order valence-corrected chi connectivity index (χ3v) is 6.58. The summed E-state index contributed by atoms with van der Waals surface area (Å²) in [6, 6.07) is 8.10. The first kappa shape index (κ1) is 31.7. The maximum absolute atomic E-state index is 12.5. The number of nitrogen functional groups attached to an aromatic ring is 1. The third-order valence-electron chi connectivity index (χ3n) is 6.33. The van der Waals surface area contributed by atoms with Crippen LogP contribution in [0.15, 0.2) is 24.3 Å². The summed E-state index contributed by atoms with van der Waals surface area (Å²) in [6.07, 6.45) is -7.29. The summed E-state index contributed by atoms with van der Waals surface area (Å²) < 4.78 is 80.0. The summed E-state index contributed by atoms with van der Waals surface area (Å²) in [6.45, 7) is 1.16. The van der Waals surface area contributed by atoms with Crippen molar-refractivity contribution in [2.75, 3.05) is 50.1 Å². The van der Waals surface area contributed by atoms with Gasteiger partial charge < -0.3 is 25.2 Å². The van der Waals surface area contributed by atoms with Crippen molar-refractivity contribution in [3.05, 3.63) is 34.9 Å². The fourth-order valence-electron chi connectivity index (χ4n) is 4.52. The van der Waals surface area contributed by atoms with Crippen LogP contribution < -0.4 is 10.6 Å². The van der Waals surface area contributed by atoms with Gasteiger partial charge in [0.2, 0.25) is 11.9 Å². The molecule has 0 saturated carbocycles. The second kappa shape index (κ2) is 13.7. The predicted molar refractivity (Wildman–Crippen MR) is 132 cm³/mol. The second-order valence-corrected chi connectivity index (χ2v) is 9.76. The summed E-state index contributed by atoms with van der Waals surface area (Å²) in [4.78, 5) is 16.3. The highest BCUT2D eigenvalue weighted by Crippen LogP contribution is 2.27. The van der Waals surface area contributed by atoms with E-state index in [2.05, 4.69) is 25.0 Å². The number of aromatic amines is 1. The first-order valence-electron chi connectivity index (χ1n) is 12.2. The molecule has 0 bridgehead atoms. The van der Waals surface area contributed by atoms with Crippen molar-refractivity contribution in [1.29, 1.82) is 0 Å². The van der Waals surface area contributed by atoms with E-state index >= 15 is 0 Å². The molecule has 40 heavy (non-hydrogen) atoms. The minimum atomic E-state index is -5.08. The van der Waals surface area contributed by atoms with Crippen LogP contribution in [0.1, 0.15) is 18.4 Å². The number of aromatic nitrogens is 3. The molecule has 1 aromatic heterocycles. The van der Waals surface area contributed by atoms with Gasteiger partial charge in [0.05, 0.1) is 19.3 Å². The SMILES string of the molecule is Nc1nnc(N2CCC(N3C[C@H](COCC(F)(F)F)OC[C@@H]3Cc3ccc(Cl)cc3)CC2)[nH]1.O=C(O)C(F)(F)F. The topological polar surface area (TPSA) is 130 Å². The van der Waals surface area contributed by atoms with E-state index in [1.165, 1.54) is 0 Å². The summed E-state index contributed by atoms with van der Waals surface area (Å²) >= 11 is 6.02. The molecule has 4 rings (SSSR count). The van der Waals surface area contributed by atoms with Crippen LogP contribution in [0.5, 0.6) is 0 Å². The predicted octanol–water partition coefficient (Wildman–Crippen LogP) is 3.53. The number of anilines is 2. The van der Waals surface area contributed by atoms with Crippen LogP contribution in [0, 0.1) is 0 Å². The van der Waals surface area contributed by atoms with Gasteiger partial charge in [-0.25, -0.2) is 4.79 Å². The highest BCUT2D eigenvalue weighted by molar-refractivity contribution is 6.30. The quantitative estimate of drug-likeness (QED) is 0.408. The number of hydrogen-bond acceptors (Lipinski definition) is 8. The van der Waals surface area contributed by atoms with E-state index in [1.807, 2.05) is 24.3 Å². The molecular weight excluding hydrogens is 574 g/mol. The van der Waals surface area contributed by atoms with E-state index in [1.54, 1.807) is 0 Å². The summed E-state index contributed by atoms with van der Waals surface area (Å²) in [7, 11) is 0. The Hall–Kier alpha value is -2.82. The Morgan fingerprint density at radius 2 is 1.77 bits per heavy atom. The van der Waals surface area contributed by atoms with Gasteiger partial charge in [-0.1, -0.05) is 23.7 Å². The highest BCUT2D eigenvalue weighted by atomic mass is 35.5. The number of benzene rings is 1. The van der Waals surface area contributed by atoms with Gasteiger partial charge in [-0.05, 0) is 37.0 Å². The fraction of sp³-hybridized carbons (Fsp3) is 0.609. The zero-order valence-electron chi connectivity index (χ0n) is 21.1. The molecule has 10 nitrogen and oxygen atoms in total. The molecule has 2 fully saturated rings. The number of carbonyl (C=O) groups is 1. The second-order valence-electron chi connectivity index (χ2n) is 9.32. The lowest BCUT2D eigenvalue weighted by Crippen LogP contribution is -2.58. The number of rotatable bonds is 7. The largest absolute Gasteiger partial charge is 0.490 e. The lowest BCUT2D eigenvalue weighted by Gasteiger charge is -2.46. The molecule has 3 heterocycles. The maximum Gasteiger partial charge on any atom is 0.490 e. The Morgan fingerprint density at radius 3 is 2.30 bits per heavy atom. The van der Waals surface area contributed by atoms with E-state index < -0.39 is 31.0 Å². The number of hydrogen-bond donors (Lipinski definition) is 3. The summed E-state index contributed by atoms with van der Waals surface area (Å²) in [5, 5.41) is 15.7. The molecule has 2 aromatic rings. The van der Waals surface area contributed by atoms with Gasteiger partial charge in [-0.15, -0.1) is 10.2 Å². The Morgan fingerprint density at radius 1 is 1.15 bits per heavy atom. The molecule has 2 aliphatic rings. The van der Waals surface area contributed by atoms with E-state index in [0.29, 0.717) is 24.1 Å². The van der Waals surface area contributed by atoms with Crippen molar-refractivity contribution < 1.29 is 45.7 Å². The number of carboxylic acid groups (broad SMARTS) is 1. The smallest absolute Gasteiger partial charge is 0.475 e. The zero-order valence-corrected chi connectivity index (χ0v) is 21.8. The van der Waals surface area contributed by atoms with Crippen molar-refractivity contribution >= 4 is 29.5 Å². The van der Waals surface area contributed by atoms with Crippen molar-refractivity contribution in [1.82, 2.24) is 20.1 Å². The third kappa shape index (κ3) is 9.98. The van der Waals surface area contributed by atoms with Crippen LogP contribution in [0.3, 0.4) is 0 Å².